The molecule has 2 aromatic rings. The lowest BCUT2D eigenvalue weighted by Gasteiger charge is -2.18. The molecule has 0 radical (unpaired) electrons. The number of rotatable bonds is 7. The van der Waals surface area contributed by atoms with Gasteiger partial charge in [0, 0.05) is 17.1 Å². The molecule has 5 nitrogen and oxygen atoms in total. The number of anilines is 2. The van der Waals surface area contributed by atoms with Crippen LogP contribution >= 0.6 is 12.2 Å². The molecule has 2 N–H and O–H groups in total. The van der Waals surface area contributed by atoms with Crippen LogP contribution in [0.1, 0.15) is 25.0 Å². The number of esters is 1. The van der Waals surface area contributed by atoms with Crippen LogP contribution in [0.3, 0.4) is 0 Å². The molecule has 0 aliphatic rings. The van der Waals surface area contributed by atoms with Gasteiger partial charge in [-0.15, -0.1) is 0 Å². The Hall–Kier alpha value is -2.86. The first-order valence-electron chi connectivity index (χ1n) is 9.04. The molecule has 2 aromatic carbocycles. The van der Waals surface area contributed by atoms with Crippen LogP contribution in [0.5, 0.6) is 5.75 Å². The van der Waals surface area contributed by atoms with Crippen molar-refractivity contribution in [3.63, 3.8) is 0 Å². The number of methoxy groups -OCH3 is 1. The number of benzene rings is 2. The van der Waals surface area contributed by atoms with Crippen molar-refractivity contribution < 1.29 is 14.3 Å². The molecular weight excluding hydrogens is 372 g/mol. The fourth-order valence-corrected chi connectivity index (χ4v) is 3.10. The molecule has 0 unspecified atom stereocenters. The second kappa shape index (κ2) is 9.90. The van der Waals surface area contributed by atoms with Gasteiger partial charge in [0.15, 0.2) is 0 Å². The number of ether oxygens (including phenoxy) is 2. The molecule has 0 heterocycles. The van der Waals surface area contributed by atoms with Gasteiger partial charge in [-0.2, -0.15) is 0 Å². The van der Waals surface area contributed by atoms with Gasteiger partial charge in [-0.1, -0.05) is 30.4 Å². The second-order valence-electron chi connectivity index (χ2n) is 6.29. The van der Waals surface area contributed by atoms with Gasteiger partial charge in [-0.25, -0.2) is 4.79 Å². The zero-order chi connectivity index (χ0) is 20.7. The van der Waals surface area contributed by atoms with E-state index < -0.39 is 5.97 Å². The molecular formula is C22H26N2O3S. The topological polar surface area (TPSA) is 59.6 Å². The van der Waals surface area contributed by atoms with Crippen LogP contribution in [-0.2, 0) is 9.53 Å². The molecule has 0 aliphatic carbocycles. The standard InChI is InChI=1S/C22H26N2O3S/c1-6-27-22(25)19(16(4)23-20-14(2)8-7-9-15(20)3)21(28)24-17-10-12-18(26-5)13-11-17/h7-13,23H,6H2,1-5H3,(H,24,28)/b19-16-. The minimum absolute atomic E-state index is 0.268. The predicted molar refractivity (Wildman–Crippen MR) is 118 cm³/mol. The highest BCUT2D eigenvalue weighted by atomic mass is 32.1. The number of para-hydroxylation sites is 1. The van der Waals surface area contributed by atoms with Crippen molar-refractivity contribution in [1.29, 1.82) is 0 Å². The average Bonchev–Trinajstić information content (AvgIpc) is 2.66. The number of thiocarbonyl (C=S) groups is 1. The summed E-state index contributed by atoms with van der Waals surface area (Å²) in [6, 6.07) is 13.3. The zero-order valence-corrected chi connectivity index (χ0v) is 17.7. The molecule has 0 amide bonds. The predicted octanol–water partition coefficient (Wildman–Crippen LogP) is 5.00. The molecule has 0 spiro atoms. The molecule has 0 fully saturated rings. The van der Waals surface area contributed by atoms with Crippen molar-refractivity contribution in [2.45, 2.75) is 27.7 Å². The highest BCUT2D eigenvalue weighted by Crippen LogP contribution is 2.23. The van der Waals surface area contributed by atoms with E-state index in [-0.39, 0.29) is 6.61 Å². The van der Waals surface area contributed by atoms with Crippen LogP contribution in [0.4, 0.5) is 11.4 Å². The van der Waals surface area contributed by atoms with Crippen LogP contribution in [0.2, 0.25) is 0 Å². The van der Waals surface area contributed by atoms with Gasteiger partial charge in [0.2, 0.25) is 0 Å². The first-order chi connectivity index (χ1) is 13.4. The van der Waals surface area contributed by atoms with E-state index in [2.05, 4.69) is 10.6 Å². The third-order valence-electron chi connectivity index (χ3n) is 4.22. The van der Waals surface area contributed by atoms with E-state index in [0.29, 0.717) is 16.3 Å². The number of hydrogen-bond acceptors (Lipinski definition) is 5. The largest absolute Gasteiger partial charge is 0.497 e. The third-order valence-corrected chi connectivity index (χ3v) is 4.53. The van der Waals surface area contributed by atoms with Gasteiger partial charge in [0.25, 0.3) is 0 Å². The van der Waals surface area contributed by atoms with Gasteiger partial charge in [-0.3, -0.25) is 0 Å². The minimum Gasteiger partial charge on any atom is -0.497 e. The Bertz CT molecular complexity index is 869. The number of allylic oxidation sites excluding steroid dienone is 1. The molecule has 0 bridgehead atoms. The quantitative estimate of drug-likeness (QED) is 0.389. The molecule has 0 saturated carbocycles. The van der Waals surface area contributed by atoms with E-state index in [1.54, 1.807) is 14.0 Å². The van der Waals surface area contributed by atoms with Crippen molar-refractivity contribution in [1.82, 2.24) is 0 Å². The fourth-order valence-electron chi connectivity index (χ4n) is 2.75. The lowest BCUT2D eigenvalue weighted by Crippen LogP contribution is -2.24. The molecule has 0 atom stereocenters. The molecule has 0 aliphatic heterocycles. The number of hydrogen-bond donors (Lipinski definition) is 2. The monoisotopic (exact) mass is 398 g/mol. The summed E-state index contributed by atoms with van der Waals surface area (Å²) >= 11 is 5.53. The Morgan fingerprint density at radius 1 is 1.04 bits per heavy atom. The minimum atomic E-state index is -0.468. The molecule has 0 aromatic heterocycles. The smallest absolute Gasteiger partial charge is 0.342 e. The number of nitrogens with one attached hydrogen (secondary N) is 2. The van der Waals surface area contributed by atoms with Gasteiger partial charge in [0.1, 0.15) is 16.3 Å². The number of carbonyl (C=O) groups is 1. The van der Waals surface area contributed by atoms with Crippen LogP contribution in [0, 0.1) is 13.8 Å². The van der Waals surface area contributed by atoms with Crippen molar-refractivity contribution in [3.8, 4) is 5.75 Å². The van der Waals surface area contributed by atoms with Crippen LogP contribution in [-0.4, -0.2) is 24.7 Å². The maximum Gasteiger partial charge on any atom is 0.342 e. The van der Waals surface area contributed by atoms with Gasteiger partial charge < -0.3 is 20.1 Å². The lowest BCUT2D eigenvalue weighted by atomic mass is 10.1. The molecule has 6 heteroatoms. The molecule has 2 rings (SSSR count). The highest BCUT2D eigenvalue weighted by Gasteiger charge is 2.20. The van der Waals surface area contributed by atoms with E-state index in [9.17, 15) is 4.79 Å². The van der Waals surface area contributed by atoms with E-state index in [1.807, 2.05) is 63.2 Å². The van der Waals surface area contributed by atoms with E-state index >= 15 is 0 Å². The summed E-state index contributed by atoms with van der Waals surface area (Å²) in [5, 5.41) is 6.44. The Balaban J connectivity index is 2.35. The third kappa shape index (κ3) is 5.33. The lowest BCUT2D eigenvalue weighted by molar-refractivity contribution is -0.137. The fraction of sp³-hybridized carbons (Fsp3) is 0.273. The molecule has 28 heavy (non-hydrogen) atoms. The summed E-state index contributed by atoms with van der Waals surface area (Å²) in [6.07, 6.45) is 0. The zero-order valence-electron chi connectivity index (χ0n) is 16.9. The summed E-state index contributed by atoms with van der Waals surface area (Å²) in [4.78, 5) is 12.9. The summed E-state index contributed by atoms with van der Waals surface area (Å²) < 4.78 is 10.4. The first kappa shape index (κ1) is 21.4. The Morgan fingerprint density at radius 2 is 1.64 bits per heavy atom. The maximum atomic E-state index is 12.6. The average molecular weight is 399 g/mol. The van der Waals surface area contributed by atoms with Gasteiger partial charge in [-0.05, 0) is 63.1 Å². The van der Waals surface area contributed by atoms with Crippen LogP contribution in [0.15, 0.2) is 53.7 Å². The summed E-state index contributed by atoms with van der Waals surface area (Å²) in [5.41, 5.74) is 4.80. The van der Waals surface area contributed by atoms with E-state index in [1.165, 1.54) is 0 Å². The SMILES string of the molecule is CCOC(=O)/C(C(=S)Nc1ccc(OC)cc1)=C(/C)Nc1c(C)cccc1C. The summed E-state index contributed by atoms with van der Waals surface area (Å²) in [5.74, 6) is 0.273. The summed E-state index contributed by atoms with van der Waals surface area (Å²) in [6.45, 7) is 7.88. The van der Waals surface area contributed by atoms with Crippen molar-refractivity contribution in [2.24, 2.45) is 0 Å². The van der Waals surface area contributed by atoms with Gasteiger partial charge >= 0.3 is 5.97 Å². The number of carbonyl (C=O) groups excluding carboxylic acids is 1. The van der Waals surface area contributed by atoms with Crippen molar-refractivity contribution in [3.05, 3.63) is 64.9 Å². The van der Waals surface area contributed by atoms with Crippen molar-refractivity contribution >= 4 is 34.6 Å². The highest BCUT2D eigenvalue weighted by molar-refractivity contribution is 7.81. The normalized spacial score (nSPS) is 11.3. The van der Waals surface area contributed by atoms with Gasteiger partial charge in [0.05, 0.1) is 13.7 Å². The molecule has 0 saturated heterocycles. The summed E-state index contributed by atoms with van der Waals surface area (Å²) in [7, 11) is 1.61. The first-order valence-corrected chi connectivity index (χ1v) is 9.44. The van der Waals surface area contributed by atoms with Crippen LogP contribution < -0.4 is 15.4 Å². The molecule has 148 valence electrons. The Kier molecular flexibility index (Phi) is 7.58. The number of aryl methyl sites for hydroxylation is 2. The maximum absolute atomic E-state index is 12.6. The van der Waals surface area contributed by atoms with Crippen LogP contribution in [0.25, 0.3) is 0 Å². The van der Waals surface area contributed by atoms with E-state index in [0.717, 1.165) is 28.3 Å². The Morgan fingerprint density at radius 3 is 2.18 bits per heavy atom. The van der Waals surface area contributed by atoms with E-state index in [4.69, 9.17) is 21.7 Å². The van der Waals surface area contributed by atoms with Crippen molar-refractivity contribution in [2.75, 3.05) is 24.4 Å². The Labute approximate surface area is 171 Å². The second-order valence-corrected chi connectivity index (χ2v) is 6.70.